The molecule has 0 saturated heterocycles. The van der Waals surface area contributed by atoms with Gasteiger partial charge in [-0.25, -0.2) is 4.39 Å². The molecule has 0 aromatic heterocycles. The Balaban J connectivity index is 2.54. The largest absolute Gasteiger partial charge is 0.503 e. The minimum atomic E-state index is -0.553. The van der Waals surface area contributed by atoms with E-state index in [1.165, 1.54) is 6.07 Å². The van der Waals surface area contributed by atoms with Gasteiger partial charge in [0.25, 0.3) is 0 Å². The Kier molecular flexibility index (Phi) is 1.64. The minimum absolute atomic E-state index is 0.243. The Morgan fingerprint density at radius 1 is 1.42 bits per heavy atom. The fraction of sp³-hybridized carbons (Fsp3) is 0.333. The van der Waals surface area contributed by atoms with Crippen molar-refractivity contribution in [3.05, 3.63) is 23.5 Å². The number of aromatic hydroxyl groups is 1. The molecule has 12 heavy (non-hydrogen) atoms. The SMILES string of the molecule is Oc1c(F)ccc2c1NCCC2. The fourth-order valence-corrected chi connectivity index (χ4v) is 1.51. The normalized spacial score (nSPS) is 15.1. The van der Waals surface area contributed by atoms with Crippen LogP contribution >= 0.6 is 0 Å². The Morgan fingerprint density at radius 2 is 2.25 bits per heavy atom. The highest BCUT2D eigenvalue weighted by Gasteiger charge is 2.14. The zero-order chi connectivity index (χ0) is 8.55. The number of benzene rings is 1. The number of phenols is 1. The van der Waals surface area contributed by atoms with Crippen molar-refractivity contribution in [3.63, 3.8) is 0 Å². The minimum Gasteiger partial charge on any atom is -0.503 e. The molecule has 0 aliphatic carbocycles. The van der Waals surface area contributed by atoms with Gasteiger partial charge >= 0.3 is 0 Å². The molecule has 1 aliphatic heterocycles. The van der Waals surface area contributed by atoms with Gasteiger partial charge in [0, 0.05) is 6.54 Å². The van der Waals surface area contributed by atoms with E-state index in [9.17, 15) is 9.50 Å². The quantitative estimate of drug-likeness (QED) is 0.578. The van der Waals surface area contributed by atoms with Crippen molar-refractivity contribution in [2.24, 2.45) is 0 Å². The summed E-state index contributed by atoms with van der Waals surface area (Å²) in [4.78, 5) is 0. The summed E-state index contributed by atoms with van der Waals surface area (Å²) in [5, 5.41) is 12.3. The van der Waals surface area contributed by atoms with Crippen LogP contribution < -0.4 is 5.32 Å². The third-order valence-electron chi connectivity index (χ3n) is 2.14. The first kappa shape index (κ1) is 7.40. The maximum absolute atomic E-state index is 12.8. The van der Waals surface area contributed by atoms with Crippen LogP contribution in [0.3, 0.4) is 0 Å². The monoisotopic (exact) mass is 167 g/mol. The zero-order valence-corrected chi connectivity index (χ0v) is 6.60. The van der Waals surface area contributed by atoms with Crippen molar-refractivity contribution >= 4 is 5.69 Å². The lowest BCUT2D eigenvalue weighted by molar-refractivity contribution is 0.433. The second kappa shape index (κ2) is 2.66. The van der Waals surface area contributed by atoms with Gasteiger partial charge in [-0.05, 0) is 24.5 Å². The molecule has 3 heteroatoms. The van der Waals surface area contributed by atoms with Crippen LogP contribution in [-0.4, -0.2) is 11.7 Å². The third kappa shape index (κ3) is 1.02. The summed E-state index contributed by atoms with van der Waals surface area (Å²) in [6.45, 7) is 0.810. The number of rotatable bonds is 0. The molecule has 2 nitrogen and oxygen atoms in total. The molecule has 1 heterocycles. The molecule has 0 amide bonds. The lowest BCUT2D eigenvalue weighted by Crippen LogP contribution is -2.11. The van der Waals surface area contributed by atoms with Gasteiger partial charge in [0.2, 0.25) is 0 Å². The molecule has 1 aliphatic rings. The van der Waals surface area contributed by atoms with Crippen LogP contribution in [0.4, 0.5) is 10.1 Å². The van der Waals surface area contributed by atoms with Gasteiger partial charge in [-0.15, -0.1) is 0 Å². The van der Waals surface area contributed by atoms with Crippen LogP contribution in [0.1, 0.15) is 12.0 Å². The first-order valence-corrected chi connectivity index (χ1v) is 4.03. The zero-order valence-electron chi connectivity index (χ0n) is 6.60. The molecule has 64 valence electrons. The average molecular weight is 167 g/mol. The first-order chi connectivity index (χ1) is 5.79. The molecule has 1 aromatic rings. The second-order valence-electron chi connectivity index (χ2n) is 2.96. The van der Waals surface area contributed by atoms with Crippen molar-refractivity contribution in [1.82, 2.24) is 0 Å². The third-order valence-corrected chi connectivity index (χ3v) is 2.14. The van der Waals surface area contributed by atoms with E-state index in [-0.39, 0.29) is 5.75 Å². The van der Waals surface area contributed by atoms with Gasteiger partial charge in [-0.3, -0.25) is 0 Å². The number of hydrogen-bond acceptors (Lipinski definition) is 2. The molecular formula is C9H10FNO. The Labute approximate surface area is 70.0 Å². The highest BCUT2D eigenvalue weighted by atomic mass is 19.1. The van der Waals surface area contributed by atoms with Crippen LogP contribution in [0.2, 0.25) is 0 Å². The number of nitrogens with one attached hydrogen (secondary N) is 1. The topological polar surface area (TPSA) is 32.3 Å². The number of hydrogen-bond donors (Lipinski definition) is 2. The van der Waals surface area contributed by atoms with Gasteiger partial charge in [0.05, 0.1) is 5.69 Å². The number of fused-ring (bicyclic) bond motifs is 1. The molecule has 0 bridgehead atoms. The van der Waals surface area contributed by atoms with Crippen LogP contribution in [0.5, 0.6) is 5.75 Å². The summed E-state index contributed by atoms with van der Waals surface area (Å²) >= 11 is 0. The summed E-state index contributed by atoms with van der Waals surface area (Å²) in [5.41, 5.74) is 1.57. The molecule has 0 fully saturated rings. The molecule has 1 aromatic carbocycles. The number of halogens is 1. The van der Waals surface area contributed by atoms with E-state index in [1.54, 1.807) is 6.07 Å². The summed E-state index contributed by atoms with van der Waals surface area (Å²) in [6.07, 6.45) is 1.95. The van der Waals surface area contributed by atoms with E-state index in [0.717, 1.165) is 24.9 Å². The molecule has 0 saturated carbocycles. The number of anilines is 1. The summed E-state index contributed by atoms with van der Waals surface area (Å²) < 4.78 is 12.8. The standard InChI is InChI=1S/C9H10FNO/c10-7-4-3-6-2-1-5-11-8(6)9(7)12/h3-4,11-12H,1-2,5H2. The van der Waals surface area contributed by atoms with Gasteiger partial charge < -0.3 is 10.4 Å². The molecular weight excluding hydrogens is 157 g/mol. The van der Waals surface area contributed by atoms with E-state index in [0.29, 0.717) is 5.69 Å². The van der Waals surface area contributed by atoms with Crippen LogP contribution in [0, 0.1) is 5.82 Å². The summed E-state index contributed by atoms with van der Waals surface area (Å²) in [5.74, 6) is -0.796. The molecule has 0 atom stereocenters. The van der Waals surface area contributed by atoms with Gasteiger partial charge in [-0.1, -0.05) is 6.07 Å². The smallest absolute Gasteiger partial charge is 0.175 e. The van der Waals surface area contributed by atoms with E-state index in [4.69, 9.17) is 0 Å². The molecule has 2 rings (SSSR count). The fourth-order valence-electron chi connectivity index (χ4n) is 1.51. The Morgan fingerprint density at radius 3 is 3.08 bits per heavy atom. The van der Waals surface area contributed by atoms with E-state index >= 15 is 0 Å². The highest BCUT2D eigenvalue weighted by Crippen LogP contribution is 2.33. The molecule has 2 N–H and O–H groups in total. The van der Waals surface area contributed by atoms with Gasteiger partial charge in [-0.2, -0.15) is 0 Å². The summed E-state index contributed by atoms with van der Waals surface area (Å²) in [6, 6.07) is 3.03. The van der Waals surface area contributed by atoms with Crippen molar-refractivity contribution < 1.29 is 9.50 Å². The lowest BCUT2D eigenvalue weighted by atomic mass is 10.0. The van der Waals surface area contributed by atoms with Crippen LogP contribution in [0.15, 0.2) is 12.1 Å². The van der Waals surface area contributed by atoms with Crippen molar-refractivity contribution in [2.45, 2.75) is 12.8 Å². The predicted molar refractivity (Wildman–Crippen MR) is 44.9 cm³/mol. The predicted octanol–water partition coefficient (Wildman–Crippen LogP) is 1.89. The van der Waals surface area contributed by atoms with E-state index < -0.39 is 5.82 Å². The van der Waals surface area contributed by atoms with Crippen molar-refractivity contribution in [3.8, 4) is 5.75 Å². The van der Waals surface area contributed by atoms with Crippen molar-refractivity contribution in [1.29, 1.82) is 0 Å². The highest BCUT2D eigenvalue weighted by molar-refractivity contribution is 5.63. The maximum atomic E-state index is 12.8. The molecule has 0 spiro atoms. The molecule has 0 unspecified atom stereocenters. The summed E-state index contributed by atoms with van der Waals surface area (Å²) in [7, 11) is 0. The van der Waals surface area contributed by atoms with Crippen LogP contribution in [0.25, 0.3) is 0 Å². The Hall–Kier alpha value is -1.25. The van der Waals surface area contributed by atoms with Crippen LogP contribution in [-0.2, 0) is 6.42 Å². The average Bonchev–Trinajstić information content (AvgIpc) is 2.12. The maximum Gasteiger partial charge on any atom is 0.175 e. The lowest BCUT2D eigenvalue weighted by Gasteiger charge is -2.18. The number of phenolic OH excluding ortho intramolecular Hbond substituents is 1. The first-order valence-electron chi connectivity index (χ1n) is 4.03. The second-order valence-corrected chi connectivity index (χ2v) is 2.96. The number of aryl methyl sites for hydroxylation is 1. The van der Waals surface area contributed by atoms with E-state index in [1.807, 2.05) is 0 Å². The Bertz CT molecular complexity index is 312. The molecule has 0 radical (unpaired) electrons. The van der Waals surface area contributed by atoms with Gasteiger partial charge in [0.1, 0.15) is 0 Å². The van der Waals surface area contributed by atoms with E-state index in [2.05, 4.69) is 5.32 Å². The van der Waals surface area contributed by atoms with Gasteiger partial charge in [0.15, 0.2) is 11.6 Å². The van der Waals surface area contributed by atoms with Crippen molar-refractivity contribution in [2.75, 3.05) is 11.9 Å².